The van der Waals surface area contributed by atoms with E-state index in [0.717, 1.165) is 0 Å². The minimum atomic E-state index is -0.216. The number of rotatable bonds is 3. The maximum Gasteiger partial charge on any atom is 0.323 e. The van der Waals surface area contributed by atoms with Crippen LogP contribution in [0.4, 0.5) is 0 Å². The normalized spacial score (nSPS) is 25.4. The molecule has 90 valence electrons. The molecular formula is C14H17NO2. The third kappa shape index (κ3) is 2.39. The highest BCUT2D eigenvalue weighted by molar-refractivity contribution is 5.76. The number of carbonyl (C=O) groups is 1. The van der Waals surface area contributed by atoms with Gasteiger partial charge >= 0.3 is 5.97 Å². The van der Waals surface area contributed by atoms with Crippen molar-refractivity contribution in [2.24, 2.45) is 0 Å². The summed E-state index contributed by atoms with van der Waals surface area (Å²) in [4.78, 5) is 13.7. The molecule has 0 aromatic heterocycles. The van der Waals surface area contributed by atoms with Gasteiger partial charge in [-0.25, -0.2) is 0 Å². The zero-order valence-corrected chi connectivity index (χ0v) is 10.0. The van der Waals surface area contributed by atoms with Crippen LogP contribution >= 0.6 is 0 Å². The SMILES string of the molecule is C=CCC1C(=O)OCC(c2ccccc2)N1C. The second kappa shape index (κ2) is 5.15. The fourth-order valence-electron chi connectivity index (χ4n) is 2.19. The molecule has 1 aromatic carbocycles. The number of hydrogen-bond donors (Lipinski definition) is 0. The lowest BCUT2D eigenvalue weighted by Gasteiger charge is -2.37. The smallest absolute Gasteiger partial charge is 0.323 e. The van der Waals surface area contributed by atoms with Gasteiger partial charge in [-0.1, -0.05) is 36.4 Å². The van der Waals surface area contributed by atoms with Gasteiger partial charge < -0.3 is 4.74 Å². The van der Waals surface area contributed by atoms with Crippen LogP contribution in [0.1, 0.15) is 18.0 Å². The molecule has 1 aliphatic heterocycles. The summed E-state index contributed by atoms with van der Waals surface area (Å²) < 4.78 is 5.25. The van der Waals surface area contributed by atoms with E-state index in [1.807, 2.05) is 25.2 Å². The number of carbonyl (C=O) groups excluding carboxylic acids is 1. The van der Waals surface area contributed by atoms with Gasteiger partial charge in [0.1, 0.15) is 12.6 Å². The Hall–Kier alpha value is -1.61. The van der Waals surface area contributed by atoms with Gasteiger partial charge in [-0.3, -0.25) is 9.69 Å². The number of morpholine rings is 1. The first-order valence-corrected chi connectivity index (χ1v) is 5.78. The minimum Gasteiger partial charge on any atom is -0.462 e. The van der Waals surface area contributed by atoms with E-state index in [9.17, 15) is 4.79 Å². The van der Waals surface area contributed by atoms with Crippen molar-refractivity contribution < 1.29 is 9.53 Å². The van der Waals surface area contributed by atoms with Crippen LogP contribution < -0.4 is 0 Å². The van der Waals surface area contributed by atoms with Gasteiger partial charge in [0.15, 0.2) is 0 Å². The number of nitrogens with zero attached hydrogens (tertiary/aromatic N) is 1. The highest BCUT2D eigenvalue weighted by Gasteiger charge is 2.35. The third-order valence-corrected chi connectivity index (χ3v) is 3.21. The summed E-state index contributed by atoms with van der Waals surface area (Å²) in [5.41, 5.74) is 1.18. The van der Waals surface area contributed by atoms with E-state index in [1.54, 1.807) is 6.08 Å². The quantitative estimate of drug-likeness (QED) is 0.589. The van der Waals surface area contributed by atoms with Crippen molar-refractivity contribution in [3.8, 4) is 0 Å². The van der Waals surface area contributed by atoms with E-state index in [1.165, 1.54) is 5.56 Å². The summed E-state index contributed by atoms with van der Waals surface area (Å²) in [5, 5.41) is 0. The van der Waals surface area contributed by atoms with Crippen molar-refractivity contribution in [3.05, 3.63) is 48.6 Å². The largest absolute Gasteiger partial charge is 0.462 e. The number of ether oxygens (including phenoxy) is 1. The Kier molecular flexibility index (Phi) is 3.59. The average Bonchev–Trinajstić information content (AvgIpc) is 2.36. The predicted molar refractivity (Wildman–Crippen MR) is 66.5 cm³/mol. The highest BCUT2D eigenvalue weighted by Crippen LogP contribution is 2.27. The molecule has 3 nitrogen and oxygen atoms in total. The van der Waals surface area contributed by atoms with E-state index in [0.29, 0.717) is 13.0 Å². The number of benzene rings is 1. The maximum atomic E-state index is 11.7. The molecule has 0 saturated carbocycles. The van der Waals surface area contributed by atoms with Crippen LogP contribution in [0.25, 0.3) is 0 Å². The van der Waals surface area contributed by atoms with Gasteiger partial charge in [0.05, 0.1) is 6.04 Å². The number of likely N-dealkylation sites (N-methyl/N-ethyl adjacent to an activating group) is 1. The standard InChI is InChI=1S/C14H17NO2/c1-3-7-12-14(16)17-10-13(15(12)2)11-8-5-4-6-9-11/h3-6,8-9,12-13H,1,7,10H2,2H3. The van der Waals surface area contributed by atoms with Crippen molar-refractivity contribution in [2.75, 3.05) is 13.7 Å². The molecule has 1 aliphatic rings. The molecule has 1 saturated heterocycles. The summed E-state index contributed by atoms with van der Waals surface area (Å²) in [6.45, 7) is 4.11. The van der Waals surface area contributed by atoms with E-state index in [-0.39, 0.29) is 18.1 Å². The summed E-state index contributed by atoms with van der Waals surface area (Å²) in [5.74, 6) is -0.153. The minimum absolute atomic E-state index is 0.138. The van der Waals surface area contributed by atoms with Crippen LogP contribution in [-0.2, 0) is 9.53 Å². The van der Waals surface area contributed by atoms with Crippen LogP contribution in [0.3, 0.4) is 0 Å². The Morgan fingerprint density at radius 1 is 1.47 bits per heavy atom. The average molecular weight is 231 g/mol. The fourth-order valence-corrected chi connectivity index (χ4v) is 2.19. The van der Waals surface area contributed by atoms with Gasteiger partial charge in [-0.05, 0) is 19.0 Å². The van der Waals surface area contributed by atoms with E-state index >= 15 is 0 Å². The topological polar surface area (TPSA) is 29.5 Å². The molecule has 2 unspecified atom stereocenters. The molecule has 0 aliphatic carbocycles. The molecule has 2 rings (SSSR count). The Bertz CT molecular complexity index is 402. The molecule has 1 heterocycles. The Balaban J connectivity index is 2.20. The lowest BCUT2D eigenvalue weighted by molar-refractivity contribution is -0.161. The van der Waals surface area contributed by atoms with Gasteiger partial charge in [0, 0.05) is 0 Å². The first kappa shape index (κ1) is 11.9. The van der Waals surface area contributed by atoms with Gasteiger partial charge in [-0.2, -0.15) is 0 Å². The van der Waals surface area contributed by atoms with E-state index in [4.69, 9.17) is 4.74 Å². The predicted octanol–water partition coefficient (Wildman–Crippen LogP) is 2.16. The molecule has 0 spiro atoms. The summed E-state index contributed by atoms with van der Waals surface area (Å²) >= 11 is 0. The van der Waals surface area contributed by atoms with Crippen LogP contribution in [0.15, 0.2) is 43.0 Å². The van der Waals surface area contributed by atoms with E-state index < -0.39 is 0 Å². The summed E-state index contributed by atoms with van der Waals surface area (Å²) in [6, 6.07) is 10.0. The third-order valence-electron chi connectivity index (χ3n) is 3.21. The Morgan fingerprint density at radius 3 is 2.82 bits per heavy atom. The lowest BCUT2D eigenvalue weighted by Crippen LogP contribution is -2.48. The number of hydrogen-bond acceptors (Lipinski definition) is 3. The van der Waals surface area contributed by atoms with Crippen LogP contribution in [0, 0.1) is 0 Å². The molecule has 0 N–H and O–H groups in total. The number of cyclic esters (lactones) is 1. The maximum absolute atomic E-state index is 11.7. The van der Waals surface area contributed by atoms with Crippen LogP contribution in [0.2, 0.25) is 0 Å². The van der Waals surface area contributed by atoms with Gasteiger partial charge in [0.2, 0.25) is 0 Å². The molecule has 0 amide bonds. The monoisotopic (exact) mass is 231 g/mol. The molecule has 0 bridgehead atoms. The highest BCUT2D eigenvalue weighted by atomic mass is 16.5. The second-order valence-corrected chi connectivity index (χ2v) is 4.26. The van der Waals surface area contributed by atoms with Crippen molar-refractivity contribution in [2.45, 2.75) is 18.5 Å². The molecule has 17 heavy (non-hydrogen) atoms. The van der Waals surface area contributed by atoms with Crippen LogP contribution in [-0.4, -0.2) is 30.6 Å². The fraction of sp³-hybridized carbons (Fsp3) is 0.357. The Labute approximate surface area is 102 Å². The van der Waals surface area contributed by atoms with Gasteiger partial charge in [-0.15, -0.1) is 6.58 Å². The molecule has 3 heteroatoms. The van der Waals surface area contributed by atoms with Gasteiger partial charge in [0.25, 0.3) is 0 Å². The first-order valence-electron chi connectivity index (χ1n) is 5.78. The van der Waals surface area contributed by atoms with E-state index in [2.05, 4.69) is 23.6 Å². The van der Waals surface area contributed by atoms with Crippen molar-refractivity contribution >= 4 is 5.97 Å². The molecular weight excluding hydrogens is 214 g/mol. The second-order valence-electron chi connectivity index (χ2n) is 4.26. The molecule has 0 radical (unpaired) electrons. The summed E-state index contributed by atoms with van der Waals surface area (Å²) in [6.07, 6.45) is 2.38. The summed E-state index contributed by atoms with van der Waals surface area (Å²) in [7, 11) is 1.96. The molecule has 1 fully saturated rings. The van der Waals surface area contributed by atoms with Crippen molar-refractivity contribution in [1.29, 1.82) is 0 Å². The molecule has 1 aromatic rings. The molecule has 2 atom stereocenters. The number of esters is 1. The van der Waals surface area contributed by atoms with Crippen LogP contribution in [0.5, 0.6) is 0 Å². The lowest BCUT2D eigenvalue weighted by atomic mass is 10.0. The van der Waals surface area contributed by atoms with Crippen molar-refractivity contribution in [3.63, 3.8) is 0 Å². The zero-order chi connectivity index (χ0) is 12.3. The first-order chi connectivity index (χ1) is 8.24. The zero-order valence-electron chi connectivity index (χ0n) is 10.0. The van der Waals surface area contributed by atoms with Crippen molar-refractivity contribution in [1.82, 2.24) is 4.90 Å². The Morgan fingerprint density at radius 2 is 2.18 bits per heavy atom.